The SMILES string of the molecule is NC1(c2ccsc2)CCCCCC1. The average Bonchev–Trinajstić information content (AvgIpc) is 2.57. The molecule has 0 radical (unpaired) electrons. The number of hydrogen-bond acceptors (Lipinski definition) is 2. The maximum atomic E-state index is 6.43. The molecule has 2 N–H and O–H groups in total. The highest BCUT2D eigenvalue weighted by Crippen LogP contribution is 2.34. The molecule has 0 saturated heterocycles. The van der Waals surface area contributed by atoms with E-state index in [1.807, 2.05) is 0 Å². The van der Waals surface area contributed by atoms with Gasteiger partial charge in [-0.25, -0.2) is 0 Å². The van der Waals surface area contributed by atoms with Crippen LogP contribution in [0.5, 0.6) is 0 Å². The molecule has 2 heteroatoms. The Kier molecular flexibility index (Phi) is 2.70. The summed E-state index contributed by atoms with van der Waals surface area (Å²) in [4.78, 5) is 0. The highest BCUT2D eigenvalue weighted by Gasteiger charge is 2.28. The molecule has 72 valence electrons. The second-order valence-electron chi connectivity index (χ2n) is 4.08. The fourth-order valence-corrected chi connectivity index (χ4v) is 2.96. The van der Waals surface area contributed by atoms with Crippen molar-refractivity contribution >= 4 is 11.3 Å². The second kappa shape index (κ2) is 3.81. The van der Waals surface area contributed by atoms with Gasteiger partial charge in [0.05, 0.1) is 0 Å². The summed E-state index contributed by atoms with van der Waals surface area (Å²) in [6.45, 7) is 0. The Labute approximate surface area is 84.0 Å². The smallest absolute Gasteiger partial charge is 0.0417 e. The zero-order valence-corrected chi connectivity index (χ0v) is 8.78. The molecule has 0 amide bonds. The Hall–Kier alpha value is -0.340. The molecule has 1 aliphatic carbocycles. The van der Waals surface area contributed by atoms with Gasteiger partial charge in [-0.3, -0.25) is 0 Å². The largest absolute Gasteiger partial charge is 0.321 e. The highest BCUT2D eigenvalue weighted by molar-refractivity contribution is 7.08. The number of rotatable bonds is 1. The van der Waals surface area contributed by atoms with Crippen LogP contribution in [0.15, 0.2) is 16.8 Å². The maximum absolute atomic E-state index is 6.43. The fraction of sp³-hybridized carbons (Fsp3) is 0.636. The van der Waals surface area contributed by atoms with Gasteiger partial charge >= 0.3 is 0 Å². The zero-order valence-electron chi connectivity index (χ0n) is 7.96. The van der Waals surface area contributed by atoms with Crippen LogP contribution in [0.4, 0.5) is 0 Å². The van der Waals surface area contributed by atoms with Crippen LogP contribution < -0.4 is 5.73 Å². The van der Waals surface area contributed by atoms with E-state index < -0.39 is 0 Å². The fourth-order valence-electron chi connectivity index (χ4n) is 2.20. The van der Waals surface area contributed by atoms with E-state index in [0.717, 1.165) is 0 Å². The van der Waals surface area contributed by atoms with Crippen LogP contribution in [-0.4, -0.2) is 0 Å². The van der Waals surface area contributed by atoms with Gasteiger partial charge in [0.2, 0.25) is 0 Å². The van der Waals surface area contributed by atoms with Gasteiger partial charge in [-0.05, 0) is 35.2 Å². The number of hydrogen-bond donors (Lipinski definition) is 1. The van der Waals surface area contributed by atoms with Gasteiger partial charge in [-0.1, -0.05) is 25.7 Å². The molecule has 1 fully saturated rings. The minimum absolute atomic E-state index is 0.00347. The Balaban J connectivity index is 2.17. The summed E-state index contributed by atoms with van der Waals surface area (Å²) >= 11 is 1.76. The van der Waals surface area contributed by atoms with E-state index in [-0.39, 0.29) is 5.54 Å². The molecule has 13 heavy (non-hydrogen) atoms. The predicted molar refractivity (Wildman–Crippen MR) is 57.9 cm³/mol. The molecule has 1 aromatic heterocycles. The van der Waals surface area contributed by atoms with Crippen LogP contribution in [0, 0.1) is 0 Å². The van der Waals surface area contributed by atoms with Crippen molar-refractivity contribution < 1.29 is 0 Å². The first-order valence-corrected chi connectivity index (χ1v) is 6.07. The van der Waals surface area contributed by atoms with Crippen LogP contribution in [0.25, 0.3) is 0 Å². The van der Waals surface area contributed by atoms with Crippen LogP contribution >= 0.6 is 11.3 Å². The maximum Gasteiger partial charge on any atom is 0.0417 e. The third kappa shape index (κ3) is 1.94. The van der Waals surface area contributed by atoms with E-state index in [1.165, 1.54) is 44.1 Å². The minimum Gasteiger partial charge on any atom is -0.321 e. The second-order valence-corrected chi connectivity index (χ2v) is 4.86. The van der Waals surface area contributed by atoms with Crippen molar-refractivity contribution in [2.45, 2.75) is 44.1 Å². The molecule has 0 atom stereocenters. The van der Waals surface area contributed by atoms with Crippen molar-refractivity contribution in [1.29, 1.82) is 0 Å². The van der Waals surface area contributed by atoms with E-state index in [9.17, 15) is 0 Å². The summed E-state index contributed by atoms with van der Waals surface area (Å²) in [7, 11) is 0. The van der Waals surface area contributed by atoms with E-state index in [0.29, 0.717) is 0 Å². The minimum atomic E-state index is -0.00347. The van der Waals surface area contributed by atoms with Crippen molar-refractivity contribution in [2.75, 3.05) is 0 Å². The molecule has 1 aliphatic rings. The molecule has 0 aliphatic heterocycles. The lowest BCUT2D eigenvalue weighted by Gasteiger charge is -2.27. The highest BCUT2D eigenvalue weighted by atomic mass is 32.1. The third-order valence-corrected chi connectivity index (χ3v) is 3.78. The molecular weight excluding hydrogens is 178 g/mol. The molecule has 1 aromatic rings. The number of thiophene rings is 1. The number of nitrogens with two attached hydrogens (primary N) is 1. The Morgan fingerprint density at radius 3 is 2.38 bits per heavy atom. The first-order valence-electron chi connectivity index (χ1n) is 5.13. The van der Waals surface area contributed by atoms with E-state index in [1.54, 1.807) is 11.3 Å². The summed E-state index contributed by atoms with van der Waals surface area (Å²) in [5.41, 5.74) is 7.79. The summed E-state index contributed by atoms with van der Waals surface area (Å²) in [6, 6.07) is 2.19. The van der Waals surface area contributed by atoms with Crippen molar-refractivity contribution in [3.8, 4) is 0 Å². The van der Waals surface area contributed by atoms with Crippen LogP contribution in [0.3, 0.4) is 0 Å². The summed E-state index contributed by atoms with van der Waals surface area (Å²) in [5, 5.41) is 4.35. The first kappa shape index (κ1) is 9.22. The quantitative estimate of drug-likeness (QED) is 0.684. The van der Waals surface area contributed by atoms with Crippen molar-refractivity contribution in [1.82, 2.24) is 0 Å². The van der Waals surface area contributed by atoms with Crippen molar-refractivity contribution in [3.63, 3.8) is 0 Å². The lowest BCUT2D eigenvalue weighted by Crippen LogP contribution is -2.35. The lowest BCUT2D eigenvalue weighted by atomic mass is 9.86. The molecule has 0 bridgehead atoms. The van der Waals surface area contributed by atoms with Gasteiger partial charge in [0.25, 0.3) is 0 Å². The van der Waals surface area contributed by atoms with Crippen LogP contribution in [0.2, 0.25) is 0 Å². The summed E-state index contributed by atoms with van der Waals surface area (Å²) in [5.74, 6) is 0. The van der Waals surface area contributed by atoms with Crippen LogP contribution in [-0.2, 0) is 5.54 Å². The molecule has 0 aromatic carbocycles. The van der Waals surface area contributed by atoms with E-state index >= 15 is 0 Å². The topological polar surface area (TPSA) is 26.0 Å². The van der Waals surface area contributed by atoms with Gasteiger partial charge in [0.1, 0.15) is 0 Å². The van der Waals surface area contributed by atoms with Gasteiger partial charge in [0.15, 0.2) is 0 Å². The Morgan fingerprint density at radius 1 is 1.15 bits per heavy atom. The van der Waals surface area contributed by atoms with Crippen LogP contribution in [0.1, 0.15) is 44.1 Å². The third-order valence-electron chi connectivity index (χ3n) is 3.09. The molecule has 0 spiro atoms. The molecular formula is C11H17NS. The molecule has 1 heterocycles. The van der Waals surface area contributed by atoms with Crippen molar-refractivity contribution in [2.24, 2.45) is 5.73 Å². The first-order chi connectivity index (χ1) is 6.31. The lowest BCUT2D eigenvalue weighted by molar-refractivity contribution is 0.386. The van der Waals surface area contributed by atoms with Gasteiger partial charge in [-0.2, -0.15) is 11.3 Å². The van der Waals surface area contributed by atoms with E-state index in [2.05, 4.69) is 16.8 Å². The van der Waals surface area contributed by atoms with Crippen molar-refractivity contribution in [3.05, 3.63) is 22.4 Å². The summed E-state index contributed by atoms with van der Waals surface area (Å²) < 4.78 is 0. The normalized spacial score (nSPS) is 22.5. The molecule has 1 saturated carbocycles. The standard InChI is InChI=1S/C11H17NS/c12-11(10-5-8-13-9-10)6-3-1-2-4-7-11/h5,8-9H,1-4,6-7,12H2. The van der Waals surface area contributed by atoms with E-state index in [4.69, 9.17) is 5.73 Å². The molecule has 0 unspecified atom stereocenters. The summed E-state index contributed by atoms with van der Waals surface area (Å²) in [6.07, 6.45) is 7.67. The average molecular weight is 195 g/mol. The molecule has 2 rings (SSSR count). The predicted octanol–water partition coefficient (Wildman–Crippen LogP) is 3.26. The molecule has 1 nitrogen and oxygen atoms in total. The van der Waals surface area contributed by atoms with Gasteiger partial charge < -0.3 is 5.73 Å². The van der Waals surface area contributed by atoms with Gasteiger partial charge in [0, 0.05) is 5.54 Å². The monoisotopic (exact) mass is 195 g/mol. The van der Waals surface area contributed by atoms with Gasteiger partial charge in [-0.15, -0.1) is 0 Å². The Morgan fingerprint density at radius 2 is 1.85 bits per heavy atom. The zero-order chi connectivity index (χ0) is 9.15. The Bertz CT molecular complexity index is 245.